The number of hydrogen-bond donors (Lipinski definition) is 2. The molecular weight excluding hydrogens is 178 g/mol. The zero-order valence-electron chi connectivity index (χ0n) is 8.66. The Morgan fingerprint density at radius 1 is 1.36 bits per heavy atom. The van der Waals surface area contributed by atoms with Gasteiger partial charge in [-0.05, 0) is 12.5 Å². The van der Waals surface area contributed by atoms with Crippen LogP contribution in [-0.4, -0.2) is 18.3 Å². The van der Waals surface area contributed by atoms with Crippen LogP contribution in [-0.2, 0) is 10.3 Å². The number of nitrogens with two attached hydrogens (primary N) is 1. The third-order valence-electron chi connectivity index (χ3n) is 2.50. The van der Waals surface area contributed by atoms with Gasteiger partial charge in [0, 0.05) is 5.41 Å². The molecule has 3 heteroatoms. The Labute approximate surface area is 84.5 Å². The molecule has 1 rings (SSSR count). The summed E-state index contributed by atoms with van der Waals surface area (Å²) in [5.41, 5.74) is 1.82. The van der Waals surface area contributed by atoms with Crippen LogP contribution in [0.25, 0.3) is 0 Å². The van der Waals surface area contributed by atoms with Crippen LogP contribution >= 0.6 is 0 Å². The molecular formula is C11H17NO2. The first kappa shape index (κ1) is 11.2. The van der Waals surface area contributed by atoms with E-state index in [1.165, 1.54) is 5.56 Å². The fourth-order valence-electron chi connectivity index (χ4n) is 1.36. The van der Waals surface area contributed by atoms with Gasteiger partial charge in [-0.25, -0.2) is 5.90 Å². The first-order valence-electron chi connectivity index (χ1n) is 4.62. The maximum absolute atomic E-state index is 9.30. The van der Waals surface area contributed by atoms with E-state index in [2.05, 4.69) is 4.84 Å². The summed E-state index contributed by atoms with van der Waals surface area (Å²) >= 11 is 0. The molecule has 1 atom stereocenters. The molecule has 0 heterocycles. The highest BCUT2D eigenvalue weighted by molar-refractivity contribution is 5.28. The molecule has 0 aliphatic heterocycles. The van der Waals surface area contributed by atoms with Crippen molar-refractivity contribution >= 4 is 0 Å². The molecule has 0 saturated heterocycles. The first-order valence-corrected chi connectivity index (χ1v) is 4.62. The Morgan fingerprint density at radius 2 is 1.93 bits per heavy atom. The van der Waals surface area contributed by atoms with Crippen molar-refractivity contribution in [2.45, 2.75) is 19.3 Å². The molecule has 0 fully saturated rings. The smallest absolute Gasteiger partial charge is 0.0795 e. The summed E-state index contributed by atoms with van der Waals surface area (Å²) in [6.07, 6.45) is 0. The molecule has 14 heavy (non-hydrogen) atoms. The zero-order chi connectivity index (χ0) is 10.6. The molecule has 1 aromatic rings. The Balaban J connectivity index is 2.94. The van der Waals surface area contributed by atoms with Crippen molar-refractivity contribution in [1.82, 2.24) is 0 Å². The molecule has 0 bridgehead atoms. The highest BCUT2D eigenvalue weighted by Crippen LogP contribution is 2.23. The van der Waals surface area contributed by atoms with Gasteiger partial charge in [0.1, 0.15) is 0 Å². The fourth-order valence-corrected chi connectivity index (χ4v) is 1.36. The minimum atomic E-state index is -0.414. The molecule has 0 aliphatic rings. The molecule has 1 aromatic carbocycles. The summed E-state index contributed by atoms with van der Waals surface area (Å²) < 4.78 is 0. The topological polar surface area (TPSA) is 55.5 Å². The first-order chi connectivity index (χ1) is 6.62. The molecule has 0 aromatic heterocycles. The average Bonchev–Trinajstić information content (AvgIpc) is 2.19. The van der Waals surface area contributed by atoms with Crippen LogP contribution in [0.1, 0.15) is 18.1 Å². The molecule has 0 spiro atoms. The predicted octanol–water partition coefficient (Wildman–Crippen LogP) is 1.14. The Hall–Kier alpha value is -0.900. The molecule has 1 unspecified atom stereocenters. The van der Waals surface area contributed by atoms with Crippen LogP contribution in [0, 0.1) is 6.92 Å². The van der Waals surface area contributed by atoms with E-state index in [1.807, 2.05) is 38.1 Å². The predicted molar refractivity (Wildman–Crippen MR) is 55.8 cm³/mol. The van der Waals surface area contributed by atoms with E-state index in [-0.39, 0.29) is 6.61 Å². The number of aliphatic hydroxyl groups excluding tert-OH is 1. The molecule has 0 saturated carbocycles. The zero-order valence-corrected chi connectivity index (χ0v) is 8.66. The van der Waals surface area contributed by atoms with Gasteiger partial charge in [0.2, 0.25) is 0 Å². The van der Waals surface area contributed by atoms with Gasteiger partial charge in [-0.2, -0.15) is 0 Å². The van der Waals surface area contributed by atoms with Crippen molar-refractivity contribution in [2.24, 2.45) is 5.90 Å². The quantitative estimate of drug-likeness (QED) is 0.708. The van der Waals surface area contributed by atoms with Crippen molar-refractivity contribution in [2.75, 3.05) is 13.2 Å². The van der Waals surface area contributed by atoms with Gasteiger partial charge in [0.25, 0.3) is 0 Å². The fraction of sp³-hybridized carbons (Fsp3) is 0.455. The van der Waals surface area contributed by atoms with E-state index in [0.29, 0.717) is 6.61 Å². The lowest BCUT2D eigenvalue weighted by atomic mass is 9.84. The van der Waals surface area contributed by atoms with Crippen molar-refractivity contribution in [1.29, 1.82) is 0 Å². The summed E-state index contributed by atoms with van der Waals surface area (Å²) in [5, 5.41) is 9.30. The summed E-state index contributed by atoms with van der Waals surface area (Å²) in [4.78, 5) is 4.62. The third kappa shape index (κ3) is 2.32. The normalized spacial score (nSPS) is 15.1. The van der Waals surface area contributed by atoms with Crippen LogP contribution in [0.5, 0.6) is 0 Å². The lowest BCUT2D eigenvalue weighted by molar-refractivity contribution is 0.0595. The van der Waals surface area contributed by atoms with E-state index in [9.17, 15) is 5.11 Å². The van der Waals surface area contributed by atoms with Crippen molar-refractivity contribution in [3.05, 3.63) is 35.4 Å². The van der Waals surface area contributed by atoms with Crippen molar-refractivity contribution < 1.29 is 9.94 Å². The van der Waals surface area contributed by atoms with Gasteiger partial charge in [-0.15, -0.1) is 0 Å². The van der Waals surface area contributed by atoms with Gasteiger partial charge < -0.3 is 9.94 Å². The summed E-state index contributed by atoms with van der Waals surface area (Å²) in [7, 11) is 0. The summed E-state index contributed by atoms with van der Waals surface area (Å²) in [5.74, 6) is 5.05. The highest BCUT2D eigenvalue weighted by atomic mass is 16.6. The van der Waals surface area contributed by atoms with Crippen LogP contribution in [0.4, 0.5) is 0 Å². The number of aryl methyl sites for hydroxylation is 1. The molecule has 78 valence electrons. The van der Waals surface area contributed by atoms with Crippen LogP contribution in [0.2, 0.25) is 0 Å². The SMILES string of the molecule is Cc1ccc(C(C)(CO)CON)cc1. The van der Waals surface area contributed by atoms with Gasteiger partial charge in [-0.3, -0.25) is 0 Å². The van der Waals surface area contributed by atoms with Crippen molar-refractivity contribution in [3.8, 4) is 0 Å². The number of hydrogen-bond acceptors (Lipinski definition) is 3. The standard InChI is InChI=1S/C11H17NO2/c1-9-3-5-10(6-4-9)11(2,7-13)8-14-12/h3-6,13H,7-8,12H2,1-2H3. The minimum absolute atomic E-state index is 0.0211. The number of benzene rings is 1. The van der Waals surface area contributed by atoms with E-state index >= 15 is 0 Å². The maximum Gasteiger partial charge on any atom is 0.0795 e. The maximum atomic E-state index is 9.30. The largest absolute Gasteiger partial charge is 0.395 e. The lowest BCUT2D eigenvalue weighted by Crippen LogP contribution is -2.33. The van der Waals surface area contributed by atoms with Gasteiger partial charge in [0.05, 0.1) is 13.2 Å². The van der Waals surface area contributed by atoms with Crippen LogP contribution in [0.3, 0.4) is 0 Å². The van der Waals surface area contributed by atoms with Crippen LogP contribution < -0.4 is 5.90 Å². The molecule has 0 radical (unpaired) electrons. The van der Waals surface area contributed by atoms with E-state index in [0.717, 1.165) is 5.56 Å². The molecule has 3 N–H and O–H groups in total. The third-order valence-corrected chi connectivity index (χ3v) is 2.50. The second kappa shape index (κ2) is 4.55. The molecule has 0 aliphatic carbocycles. The number of rotatable bonds is 4. The molecule has 3 nitrogen and oxygen atoms in total. The second-order valence-electron chi connectivity index (χ2n) is 3.90. The van der Waals surface area contributed by atoms with Gasteiger partial charge >= 0.3 is 0 Å². The average molecular weight is 195 g/mol. The van der Waals surface area contributed by atoms with E-state index in [4.69, 9.17) is 5.90 Å². The minimum Gasteiger partial charge on any atom is -0.395 e. The summed E-state index contributed by atoms with van der Waals surface area (Å²) in [6, 6.07) is 8.01. The van der Waals surface area contributed by atoms with Crippen LogP contribution in [0.15, 0.2) is 24.3 Å². The monoisotopic (exact) mass is 195 g/mol. The second-order valence-corrected chi connectivity index (χ2v) is 3.90. The van der Waals surface area contributed by atoms with E-state index < -0.39 is 5.41 Å². The lowest BCUT2D eigenvalue weighted by Gasteiger charge is -2.26. The number of aliphatic hydroxyl groups is 1. The van der Waals surface area contributed by atoms with Gasteiger partial charge in [-0.1, -0.05) is 36.8 Å². The highest BCUT2D eigenvalue weighted by Gasteiger charge is 2.25. The Kier molecular flexibility index (Phi) is 3.63. The van der Waals surface area contributed by atoms with E-state index in [1.54, 1.807) is 0 Å². The molecule has 0 amide bonds. The Morgan fingerprint density at radius 3 is 2.36 bits per heavy atom. The Bertz CT molecular complexity index is 284. The summed E-state index contributed by atoms with van der Waals surface area (Å²) in [6.45, 7) is 4.28. The van der Waals surface area contributed by atoms with Crippen molar-refractivity contribution in [3.63, 3.8) is 0 Å². The van der Waals surface area contributed by atoms with Gasteiger partial charge in [0.15, 0.2) is 0 Å².